The smallest absolute Gasteiger partial charge is 0.333 e. The number of ether oxygens (including phenoxy) is 1. The van der Waals surface area contributed by atoms with Gasteiger partial charge in [0.1, 0.15) is 11.3 Å². The number of nitrogens with zero attached hydrogens (tertiary/aromatic N) is 1. The molecule has 0 radical (unpaired) electrons. The maximum atomic E-state index is 13.9. The van der Waals surface area contributed by atoms with E-state index in [9.17, 15) is 22.8 Å². The molecular formula is C29H46N2O6S. The summed E-state index contributed by atoms with van der Waals surface area (Å²) in [5.74, 6) is -1.63. The molecule has 0 aromatic heterocycles. The van der Waals surface area contributed by atoms with Crippen LogP contribution in [0.2, 0.25) is 0 Å². The Bertz CT molecular complexity index is 1120. The SMILES string of the molecule is CCOC(=O)/C(C)=C/[C@H](C(C)C)N(C)C(=O)[C@@H](NC(=O)C(C(C)(C)c1ccccc1)S(C)(=O)=O)C(C)(C)C. The standard InChI is InChI=1S/C29H46N2O6S/c1-12-37-27(34)20(4)18-22(19(2)3)31(10)26(33)23(28(5,6)7)30-25(32)24(38(11,35)36)29(8,9)21-16-14-13-15-17-21/h13-19,22-24H,12H2,1-11H3,(H,30,32)/b20-18+/t22-,23-,24?/m1/s1. The average Bonchev–Trinajstić information content (AvgIpc) is 2.78. The van der Waals surface area contributed by atoms with E-state index in [0.29, 0.717) is 11.1 Å². The third-order valence-corrected chi connectivity index (χ3v) is 8.39. The van der Waals surface area contributed by atoms with Crippen molar-refractivity contribution >= 4 is 27.6 Å². The summed E-state index contributed by atoms with van der Waals surface area (Å²) in [6.45, 7) is 16.3. The van der Waals surface area contributed by atoms with Crippen molar-refractivity contribution in [1.29, 1.82) is 0 Å². The molecule has 214 valence electrons. The molecule has 0 aliphatic heterocycles. The molecule has 1 unspecified atom stereocenters. The van der Waals surface area contributed by atoms with Gasteiger partial charge in [-0.05, 0) is 30.7 Å². The van der Waals surface area contributed by atoms with E-state index in [1.807, 2.05) is 40.7 Å². The summed E-state index contributed by atoms with van der Waals surface area (Å²) in [6, 6.07) is 7.51. The lowest BCUT2D eigenvalue weighted by molar-refractivity contribution is -0.140. The Labute approximate surface area is 229 Å². The number of likely N-dealkylation sites (N-methyl/N-ethyl adjacent to an activating group) is 1. The third kappa shape index (κ3) is 8.41. The van der Waals surface area contributed by atoms with Crippen LogP contribution in [0.3, 0.4) is 0 Å². The summed E-state index contributed by atoms with van der Waals surface area (Å²) in [7, 11) is -2.25. The number of sulfone groups is 1. The van der Waals surface area contributed by atoms with Crippen molar-refractivity contribution in [2.24, 2.45) is 11.3 Å². The first kappa shape index (κ1) is 33.3. The highest BCUT2D eigenvalue weighted by atomic mass is 32.2. The largest absolute Gasteiger partial charge is 0.463 e. The Morgan fingerprint density at radius 1 is 1.05 bits per heavy atom. The molecule has 38 heavy (non-hydrogen) atoms. The van der Waals surface area contributed by atoms with Crippen LogP contribution in [0, 0.1) is 11.3 Å². The lowest BCUT2D eigenvalue weighted by Crippen LogP contribution is -2.60. The first-order chi connectivity index (χ1) is 17.3. The van der Waals surface area contributed by atoms with Gasteiger partial charge in [0.2, 0.25) is 11.8 Å². The monoisotopic (exact) mass is 550 g/mol. The number of carbonyl (C=O) groups excluding carboxylic acids is 3. The fourth-order valence-electron chi connectivity index (χ4n) is 4.61. The maximum absolute atomic E-state index is 13.9. The van der Waals surface area contributed by atoms with Crippen LogP contribution in [0.15, 0.2) is 42.0 Å². The second-order valence-electron chi connectivity index (χ2n) is 11.9. The van der Waals surface area contributed by atoms with Crippen molar-refractivity contribution < 1.29 is 27.5 Å². The summed E-state index contributed by atoms with van der Waals surface area (Å²) in [5.41, 5.74) is -0.721. The van der Waals surface area contributed by atoms with Gasteiger partial charge in [-0.1, -0.05) is 84.9 Å². The lowest BCUT2D eigenvalue weighted by atomic mass is 9.80. The highest BCUT2D eigenvalue weighted by Gasteiger charge is 2.46. The van der Waals surface area contributed by atoms with Crippen LogP contribution < -0.4 is 5.32 Å². The summed E-state index contributed by atoms with van der Waals surface area (Å²) in [5, 5.41) is 1.36. The Kier molecular flexibility index (Phi) is 11.3. The molecule has 0 fully saturated rings. The quantitative estimate of drug-likeness (QED) is 0.331. The predicted molar refractivity (Wildman–Crippen MR) is 151 cm³/mol. The molecule has 0 heterocycles. The predicted octanol–water partition coefficient (Wildman–Crippen LogP) is 3.90. The molecule has 0 aliphatic carbocycles. The van der Waals surface area contributed by atoms with Gasteiger partial charge in [0.15, 0.2) is 9.84 Å². The number of rotatable bonds is 11. The Morgan fingerprint density at radius 3 is 2.00 bits per heavy atom. The minimum absolute atomic E-state index is 0.0505. The van der Waals surface area contributed by atoms with E-state index in [4.69, 9.17) is 4.74 Å². The zero-order valence-electron chi connectivity index (χ0n) is 24.8. The first-order valence-corrected chi connectivity index (χ1v) is 14.9. The fourth-order valence-corrected chi connectivity index (χ4v) is 6.28. The number of hydrogen-bond acceptors (Lipinski definition) is 6. The van der Waals surface area contributed by atoms with Gasteiger partial charge >= 0.3 is 5.97 Å². The van der Waals surface area contributed by atoms with Crippen LogP contribution in [-0.2, 0) is 34.4 Å². The normalized spacial score (nSPS) is 15.4. The number of benzene rings is 1. The molecule has 1 aromatic rings. The highest BCUT2D eigenvalue weighted by molar-refractivity contribution is 7.92. The van der Waals surface area contributed by atoms with E-state index >= 15 is 0 Å². The van der Waals surface area contributed by atoms with Gasteiger partial charge in [-0.2, -0.15) is 0 Å². The van der Waals surface area contributed by atoms with Crippen LogP contribution in [0.25, 0.3) is 0 Å². The molecule has 0 saturated heterocycles. The maximum Gasteiger partial charge on any atom is 0.333 e. The van der Waals surface area contributed by atoms with Crippen LogP contribution in [-0.4, -0.2) is 68.3 Å². The molecule has 0 spiro atoms. The van der Waals surface area contributed by atoms with Crippen LogP contribution in [0.5, 0.6) is 0 Å². The van der Waals surface area contributed by atoms with Gasteiger partial charge in [-0.3, -0.25) is 9.59 Å². The summed E-state index contributed by atoms with van der Waals surface area (Å²) < 4.78 is 31.0. The van der Waals surface area contributed by atoms with Gasteiger partial charge in [-0.25, -0.2) is 13.2 Å². The average molecular weight is 551 g/mol. The number of nitrogens with one attached hydrogen (secondary N) is 1. The minimum Gasteiger partial charge on any atom is -0.463 e. The summed E-state index contributed by atoms with van der Waals surface area (Å²) in [4.78, 5) is 41.3. The molecule has 3 atom stereocenters. The molecular weight excluding hydrogens is 504 g/mol. The second-order valence-corrected chi connectivity index (χ2v) is 14.0. The zero-order valence-corrected chi connectivity index (χ0v) is 25.6. The number of esters is 1. The Hall–Kier alpha value is -2.68. The molecule has 0 saturated carbocycles. The molecule has 1 aromatic carbocycles. The lowest BCUT2D eigenvalue weighted by Gasteiger charge is -2.39. The topological polar surface area (TPSA) is 110 Å². The van der Waals surface area contributed by atoms with E-state index in [1.165, 1.54) is 4.90 Å². The van der Waals surface area contributed by atoms with E-state index in [-0.39, 0.29) is 18.4 Å². The molecule has 9 heteroatoms. The van der Waals surface area contributed by atoms with Crippen LogP contribution in [0.4, 0.5) is 0 Å². The van der Waals surface area contributed by atoms with E-state index in [2.05, 4.69) is 5.32 Å². The zero-order chi connectivity index (χ0) is 29.6. The van der Waals surface area contributed by atoms with E-state index in [1.54, 1.807) is 65.1 Å². The summed E-state index contributed by atoms with van der Waals surface area (Å²) in [6.07, 6.45) is 2.74. The minimum atomic E-state index is -3.87. The van der Waals surface area contributed by atoms with Crippen molar-refractivity contribution in [2.75, 3.05) is 19.9 Å². The number of carbonyl (C=O) groups is 3. The van der Waals surface area contributed by atoms with Gasteiger partial charge in [-0.15, -0.1) is 0 Å². The first-order valence-electron chi connectivity index (χ1n) is 12.9. The van der Waals surface area contributed by atoms with E-state index in [0.717, 1.165) is 6.26 Å². The Balaban J connectivity index is 3.45. The van der Waals surface area contributed by atoms with Crippen molar-refractivity contribution in [3.05, 3.63) is 47.5 Å². The summed E-state index contributed by atoms with van der Waals surface area (Å²) >= 11 is 0. The molecule has 8 nitrogen and oxygen atoms in total. The molecule has 2 amide bonds. The molecule has 1 N–H and O–H groups in total. The van der Waals surface area contributed by atoms with E-state index < -0.39 is 49.9 Å². The Morgan fingerprint density at radius 2 is 1.58 bits per heavy atom. The van der Waals surface area contributed by atoms with Crippen LogP contribution >= 0.6 is 0 Å². The molecule has 0 aliphatic rings. The molecule has 1 rings (SSSR count). The highest BCUT2D eigenvalue weighted by Crippen LogP contribution is 2.32. The fraction of sp³-hybridized carbons (Fsp3) is 0.621. The van der Waals surface area contributed by atoms with Crippen molar-refractivity contribution in [3.8, 4) is 0 Å². The molecule has 0 bridgehead atoms. The van der Waals surface area contributed by atoms with Crippen LogP contribution in [0.1, 0.15) is 67.9 Å². The van der Waals surface area contributed by atoms with Crippen molar-refractivity contribution in [3.63, 3.8) is 0 Å². The number of hydrogen-bond donors (Lipinski definition) is 1. The van der Waals surface area contributed by atoms with Crippen molar-refractivity contribution in [2.45, 2.75) is 85.1 Å². The van der Waals surface area contributed by atoms with Gasteiger partial charge < -0.3 is 15.0 Å². The van der Waals surface area contributed by atoms with Gasteiger partial charge in [0.05, 0.1) is 12.6 Å². The number of amides is 2. The van der Waals surface area contributed by atoms with Gasteiger partial charge in [0.25, 0.3) is 0 Å². The third-order valence-electron chi connectivity index (χ3n) is 6.74. The second kappa shape index (κ2) is 12.9. The van der Waals surface area contributed by atoms with Gasteiger partial charge in [0, 0.05) is 24.3 Å². The van der Waals surface area contributed by atoms with Crippen molar-refractivity contribution in [1.82, 2.24) is 10.2 Å².